The number of nitro benzene ring substituents is 1. The van der Waals surface area contributed by atoms with Gasteiger partial charge in [-0.15, -0.1) is 0 Å². The van der Waals surface area contributed by atoms with Gasteiger partial charge in [0.15, 0.2) is 0 Å². The fourth-order valence-corrected chi connectivity index (χ4v) is 3.09. The lowest BCUT2D eigenvalue weighted by Gasteiger charge is -2.07. The Kier molecular flexibility index (Phi) is 7.19. The highest BCUT2D eigenvalue weighted by molar-refractivity contribution is 6.36. The van der Waals surface area contributed by atoms with Crippen LogP contribution in [0.3, 0.4) is 0 Å². The van der Waals surface area contributed by atoms with Gasteiger partial charge in [-0.05, 0) is 60.2 Å². The van der Waals surface area contributed by atoms with Crippen LogP contribution in [0.4, 0.5) is 11.4 Å². The van der Waals surface area contributed by atoms with Crippen LogP contribution in [0.1, 0.15) is 26.3 Å². The van der Waals surface area contributed by atoms with Crippen molar-refractivity contribution in [1.29, 1.82) is 0 Å². The number of ether oxygens (including phenoxy) is 2. The van der Waals surface area contributed by atoms with Crippen LogP contribution >= 0.6 is 23.2 Å². The number of rotatable bonds is 6. The molecule has 162 valence electrons. The maximum absolute atomic E-state index is 12.4. The number of carbonyl (C=O) groups is 2. The summed E-state index contributed by atoms with van der Waals surface area (Å²) in [7, 11) is 1.28. The summed E-state index contributed by atoms with van der Waals surface area (Å²) in [5, 5.41) is 11.9. The zero-order valence-corrected chi connectivity index (χ0v) is 18.0. The van der Waals surface area contributed by atoms with E-state index in [2.05, 4.69) is 9.73 Å². The van der Waals surface area contributed by atoms with Gasteiger partial charge < -0.3 is 9.47 Å². The fourth-order valence-electron chi connectivity index (χ4n) is 2.60. The summed E-state index contributed by atoms with van der Waals surface area (Å²) in [6, 6.07) is 14.5. The second kappa shape index (κ2) is 10.0. The van der Waals surface area contributed by atoms with Crippen molar-refractivity contribution in [2.75, 3.05) is 7.11 Å². The Bertz CT molecular complexity index is 1230. The topological polar surface area (TPSA) is 108 Å². The number of hydrogen-bond acceptors (Lipinski definition) is 7. The first-order valence-corrected chi connectivity index (χ1v) is 9.72. The summed E-state index contributed by atoms with van der Waals surface area (Å²) in [4.78, 5) is 38.9. The van der Waals surface area contributed by atoms with E-state index in [1.807, 2.05) is 0 Å². The lowest BCUT2D eigenvalue weighted by molar-refractivity contribution is -0.385. The number of methoxy groups -OCH3 is 1. The SMILES string of the molecule is COC(=O)c1ccc(N=Cc2ccc(OC(=O)c3ccc(Cl)cc3Cl)c([N+](=O)[O-])c2)cc1. The third-order valence-electron chi connectivity index (χ3n) is 4.18. The summed E-state index contributed by atoms with van der Waals surface area (Å²) < 4.78 is 9.81. The number of hydrogen-bond donors (Lipinski definition) is 0. The van der Waals surface area contributed by atoms with E-state index in [1.54, 1.807) is 24.3 Å². The molecule has 0 aliphatic heterocycles. The molecule has 8 nitrogen and oxygen atoms in total. The van der Waals surface area contributed by atoms with Crippen LogP contribution in [0.15, 0.2) is 65.7 Å². The van der Waals surface area contributed by atoms with E-state index in [-0.39, 0.29) is 16.3 Å². The summed E-state index contributed by atoms with van der Waals surface area (Å²) in [5.41, 5.74) is 0.889. The number of halogens is 2. The molecule has 3 rings (SSSR count). The molecule has 0 radical (unpaired) electrons. The maximum Gasteiger partial charge on any atom is 0.345 e. The Balaban J connectivity index is 1.81. The van der Waals surface area contributed by atoms with Gasteiger partial charge in [0.25, 0.3) is 0 Å². The zero-order chi connectivity index (χ0) is 23.3. The molecule has 0 aliphatic carbocycles. The van der Waals surface area contributed by atoms with Crippen molar-refractivity contribution in [3.05, 3.63) is 97.5 Å². The van der Waals surface area contributed by atoms with Crippen LogP contribution in [0.25, 0.3) is 0 Å². The summed E-state index contributed by atoms with van der Waals surface area (Å²) in [6.07, 6.45) is 1.40. The minimum absolute atomic E-state index is 0.0198. The predicted octanol–water partition coefficient (Wildman–Crippen LogP) is 5.66. The molecule has 0 atom stereocenters. The largest absolute Gasteiger partial charge is 0.465 e. The van der Waals surface area contributed by atoms with Crippen LogP contribution in [0, 0.1) is 10.1 Å². The van der Waals surface area contributed by atoms with Gasteiger partial charge in [0.05, 0.1) is 33.9 Å². The smallest absolute Gasteiger partial charge is 0.345 e. The molecular formula is C22H14Cl2N2O6. The first-order valence-electron chi connectivity index (χ1n) is 8.96. The second-order valence-corrected chi connectivity index (χ2v) is 7.14. The molecule has 0 heterocycles. The standard InChI is InChI=1S/C22H14Cl2N2O6/c1-31-21(27)14-3-6-16(7-4-14)25-12-13-2-9-20(19(10-13)26(29)30)32-22(28)17-8-5-15(23)11-18(17)24/h2-12H,1H3. The van der Waals surface area contributed by atoms with Crippen LogP contribution in [0.2, 0.25) is 10.0 Å². The van der Waals surface area contributed by atoms with Gasteiger partial charge in [-0.25, -0.2) is 9.59 Å². The predicted molar refractivity (Wildman–Crippen MR) is 120 cm³/mol. The van der Waals surface area contributed by atoms with Crippen molar-refractivity contribution in [1.82, 2.24) is 0 Å². The molecular weight excluding hydrogens is 459 g/mol. The van der Waals surface area contributed by atoms with E-state index in [0.29, 0.717) is 21.8 Å². The summed E-state index contributed by atoms with van der Waals surface area (Å²) >= 11 is 11.8. The number of nitrogens with zero attached hydrogens (tertiary/aromatic N) is 2. The minimum atomic E-state index is -0.859. The highest BCUT2D eigenvalue weighted by Gasteiger charge is 2.21. The van der Waals surface area contributed by atoms with Gasteiger partial charge in [-0.3, -0.25) is 15.1 Å². The van der Waals surface area contributed by atoms with Crippen molar-refractivity contribution in [3.63, 3.8) is 0 Å². The van der Waals surface area contributed by atoms with Crippen LogP contribution in [0.5, 0.6) is 5.75 Å². The third-order valence-corrected chi connectivity index (χ3v) is 4.73. The van der Waals surface area contributed by atoms with E-state index < -0.39 is 22.5 Å². The van der Waals surface area contributed by atoms with Crippen molar-refractivity contribution in [2.24, 2.45) is 4.99 Å². The highest BCUT2D eigenvalue weighted by atomic mass is 35.5. The van der Waals surface area contributed by atoms with Crippen molar-refractivity contribution >= 4 is 52.7 Å². The Morgan fingerprint density at radius 3 is 2.34 bits per heavy atom. The lowest BCUT2D eigenvalue weighted by atomic mass is 10.2. The second-order valence-electron chi connectivity index (χ2n) is 6.29. The Morgan fingerprint density at radius 1 is 1.00 bits per heavy atom. The normalized spacial score (nSPS) is 10.7. The molecule has 0 saturated carbocycles. The maximum atomic E-state index is 12.4. The average molecular weight is 473 g/mol. The molecule has 32 heavy (non-hydrogen) atoms. The molecule has 0 unspecified atom stereocenters. The molecule has 0 saturated heterocycles. The van der Waals surface area contributed by atoms with E-state index in [9.17, 15) is 19.7 Å². The number of benzene rings is 3. The molecule has 3 aromatic carbocycles. The minimum Gasteiger partial charge on any atom is -0.465 e. The number of esters is 2. The fraction of sp³-hybridized carbons (Fsp3) is 0.0455. The Labute approximate surface area is 192 Å². The molecule has 0 N–H and O–H groups in total. The molecule has 10 heteroatoms. The van der Waals surface area contributed by atoms with Crippen molar-refractivity contribution in [2.45, 2.75) is 0 Å². The van der Waals surface area contributed by atoms with Gasteiger partial charge >= 0.3 is 17.6 Å². The number of nitro groups is 1. The van der Waals surface area contributed by atoms with Crippen molar-refractivity contribution in [3.8, 4) is 5.75 Å². The van der Waals surface area contributed by atoms with Crippen LogP contribution in [-0.2, 0) is 4.74 Å². The van der Waals surface area contributed by atoms with E-state index in [1.165, 1.54) is 49.7 Å². The molecule has 0 spiro atoms. The Hall–Kier alpha value is -3.75. The lowest BCUT2D eigenvalue weighted by Crippen LogP contribution is -2.10. The summed E-state index contributed by atoms with van der Waals surface area (Å²) in [5.74, 6) is -1.58. The average Bonchev–Trinajstić information content (AvgIpc) is 2.77. The van der Waals surface area contributed by atoms with Crippen LogP contribution < -0.4 is 4.74 Å². The number of carbonyl (C=O) groups excluding carboxylic acids is 2. The first-order chi connectivity index (χ1) is 15.3. The zero-order valence-electron chi connectivity index (χ0n) is 16.5. The highest BCUT2D eigenvalue weighted by Crippen LogP contribution is 2.30. The summed E-state index contributed by atoms with van der Waals surface area (Å²) in [6.45, 7) is 0. The van der Waals surface area contributed by atoms with Gasteiger partial charge in [-0.1, -0.05) is 23.2 Å². The molecule has 0 aromatic heterocycles. The van der Waals surface area contributed by atoms with E-state index in [0.717, 1.165) is 0 Å². The monoisotopic (exact) mass is 472 g/mol. The van der Waals surface area contributed by atoms with Gasteiger partial charge in [0, 0.05) is 17.3 Å². The molecule has 3 aromatic rings. The van der Waals surface area contributed by atoms with Crippen LogP contribution in [-0.4, -0.2) is 30.2 Å². The molecule has 0 bridgehead atoms. The van der Waals surface area contributed by atoms with Gasteiger partial charge in [-0.2, -0.15) is 0 Å². The molecule has 0 fully saturated rings. The van der Waals surface area contributed by atoms with Gasteiger partial charge in [0.2, 0.25) is 5.75 Å². The third kappa shape index (κ3) is 5.48. The quantitative estimate of drug-likeness (QED) is 0.150. The van der Waals surface area contributed by atoms with E-state index >= 15 is 0 Å². The molecule has 0 amide bonds. The van der Waals surface area contributed by atoms with Crippen molar-refractivity contribution < 1.29 is 24.0 Å². The molecule has 0 aliphatic rings. The Morgan fingerprint density at radius 2 is 1.72 bits per heavy atom. The van der Waals surface area contributed by atoms with Gasteiger partial charge in [0.1, 0.15) is 0 Å². The van der Waals surface area contributed by atoms with E-state index in [4.69, 9.17) is 27.9 Å². The first kappa shape index (κ1) is 22.9. The number of aliphatic imine (C=N–C) groups is 1.